The summed E-state index contributed by atoms with van der Waals surface area (Å²) in [5.41, 5.74) is 2.28. The molecule has 0 radical (unpaired) electrons. The average Bonchev–Trinajstić information content (AvgIpc) is 2.67. The molecular formula is C23H25N3O2. The number of carbonyl (C=O) groups is 1. The lowest BCUT2D eigenvalue weighted by atomic mass is 10.1. The van der Waals surface area contributed by atoms with Crippen LogP contribution in [0.3, 0.4) is 0 Å². The van der Waals surface area contributed by atoms with E-state index in [-0.39, 0.29) is 11.4 Å². The number of ether oxygens (including phenoxy) is 1. The van der Waals surface area contributed by atoms with Crippen molar-refractivity contribution in [1.29, 1.82) is 0 Å². The summed E-state index contributed by atoms with van der Waals surface area (Å²) in [5.74, 6) is 1.34. The van der Waals surface area contributed by atoms with Crippen LogP contribution in [-0.4, -0.2) is 16.4 Å². The largest absolute Gasteiger partial charge is 0.489 e. The molecule has 1 amide bonds. The quantitative estimate of drug-likeness (QED) is 0.641. The van der Waals surface area contributed by atoms with Crippen molar-refractivity contribution in [3.8, 4) is 5.75 Å². The van der Waals surface area contributed by atoms with Crippen LogP contribution in [0.4, 0.5) is 11.5 Å². The Labute approximate surface area is 165 Å². The number of rotatable bonds is 6. The molecular weight excluding hydrogens is 350 g/mol. The molecule has 0 aliphatic carbocycles. The highest BCUT2D eigenvalue weighted by Gasteiger charge is 2.15. The third-order valence-electron chi connectivity index (χ3n) is 3.89. The molecule has 1 aromatic heterocycles. The Morgan fingerprint density at radius 3 is 2.29 bits per heavy atom. The Balaban J connectivity index is 1.56. The second-order valence-corrected chi connectivity index (χ2v) is 7.56. The van der Waals surface area contributed by atoms with Gasteiger partial charge in [0.15, 0.2) is 0 Å². The number of aromatic nitrogens is 1. The van der Waals surface area contributed by atoms with E-state index in [0.29, 0.717) is 18.0 Å². The molecule has 3 aromatic rings. The molecule has 0 spiro atoms. The van der Waals surface area contributed by atoms with Crippen molar-refractivity contribution in [2.75, 3.05) is 5.32 Å². The summed E-state index contributed by atoms with van der Waals surface area (Å²) in [5, 5.41) is 6.14. The van der Waals surface area contributed by atoms with Crippen molar-refractivity contribution in [3.63, 3.8) is 0 Å². The fourth-order valence-electron chi connectivity index (χ4n) is 2.54. The van der Waals surface area contributed by atoms with Crippen LogP contribution in [0.1, 0.15) is 36.7 Å². The number of nitrogens with one attached hydrogen (secondary N) is 2. The lowest BCUT2D eigenvalue weighted by Crippen LogP contribution is -2.40. The number of carbonyl (C=O) groups excluding carboxylic acids is 1. The number of hydrogen-bond donors (Lipinski definition) is 2. The lowest BCUT2D eigenvalue weighted by molar-refractivity contribution is 0.0919. The van der Waals surface area contributed by atoms with Gasteiger partial charge in [0.1, 0.15) is 18.2 Å². The number of benzene rings is 2. The zero-order valence-corrected chi connectivity index (χ0v) is 16.4. The van der Waals surface area contributed by atoms with Crippen LogP contribution in [-0.2, 0) is 6.61 Å². The van der Waals surface area contributed by atoms with E-state index < -0.39 is 0 Å². The lowest BCUT2D eigenvalue weighted by Gasteiger charge is -2.20. The van der Waals surface area contributed by atoms with Crippen LogP contribution in [0.25, 0.3) is 0 Å². The zero-order valence-electron chi connectivity index (χ0n) is 16.4. The number of hydrogen-bond acceptors (Lipinski definition) is 4. The predicted octanol–water partition coefficient (Wildman–Crippen LogP) is 4.93. The maximum Gasteiger partial charge on any atom is 0.253 e. The fraction of sp³-hybridized carbons (Fsp3) is 0.217. The van der Waals surface area contributed by atoms with Gasteiger partial charge in [0.25, 0.3) is 5.91 Å². The van der Waals surface area contributed by atoms with Crippen molar-refractivity contribution in [1.82, 2.24) is 10.3 Å². The normalized spacial score (nSPS) is 11.0. The van der Waals surface area contributed by atoms with Gasteiger partial charge in [0.05, 0.1) is 5.56 Å². The molecule has 2 aromatic carbocycles. The van der Waals surface area contributed by atoms with Gasteiger partial charge in [-0.15, -0.1) is 0 Å². The Bertz CT molecular complexity index is 899. The minimum atomic E-state index is -0.279. The highest BCUT2D eigenvalue weighted by atomic mass is 16.5. The second-order valence-electron chi connectivity index (χ2n) is 7.56. The molecule has 0 bridgehead atoms. The number of anilines is 2. The van der Waals surface area contributed by atoms with Crippen LogP contribution in [0, 0.1) is 0 Å². The fourth-order valence-corrected chi connectivity index (χ4v) is 2.54. The van der Waals surface area contributed by atoms with Gasteiger partial charge in [0, 0.05) is 17.4 Å². The van der Waals surface area contributed by atoms with Gasteiger partial charge >= 0.3 is 0 Å². The standard InChI is InChI=1S/C23H25N3O2/c1-23(2,3)26-22(27)18-9-14-21(24-15-18)25-19-10-12-20(13-11-19)28-16-17-7-5-4-6-8-17/h4-15H,16H2,1-3H3,(H,24,25)(H,26,27). The van der Waals surface area contributed by atoms with E-state index in [9.17, 15) is 4.79 Å². The molecule has 0 atom stereocenters. The molecule has 0 aliphatic rings. The molecule has 0 aliphatic heterocycles. The summed E-state index contributed by atoms with van der Waals surface area (Å²) in [6.07, 6.45) is 1.57. The first-order valence-electron chi connectivity index (χ1n) is 9.21. The van der Waals surface area contributed by atoms with E-state index in [1.165, 1.54) is 0 Å². The monoisotopic (exact) mass is 375 g/mol. The van der Waals surface area contributed by atoms with Gasteiger partial charge in [-0.3, -0.25) is 4.79 Å². The molecule has 2 N–H and O–H groups in total. The zero-order chi connectivity index (χ0) is 20.0. The third-order valence-corrected chi connectivity index (χ3v) is 3.89. The topological polar surface area (TPSA) is 63.2 Å². The van der Waals surface area contributed by atoms with E-state index in [4.69, 9.17) is 4.74 Å². The Kier molecular flexibility index (Phi) is 5.94. The summed E-state index contributed by atoms with van der Waals surface area (Å²) in [7, 11) is 0. The summed E-state index contributed by atoms with van der Waals surface area (Å²) in [6, 6.07) is 21.3. The van der Waals surface area contributed by atoms with Gasteiger partial charge in [-0.05, 0) is 62.7 Å². The predicted molar refractivity (Wildman–Crippen MR) is 112 cm³/mol. The molecule has 0 unspecified atom stereocenters. The molecule has 144 valence electrons. The molecule has 0 fully saturated rings. The van der Waals surface area contributed by atoms with Crippen molar-refractivity contribution in [2.24, 2.45) is 0 Å². The first-order chi connectivity index (χ1) is 13.4. The van der Waals surface area contributed by atoms with Crippen LogP contribution < -0.4 is 15.4 Å². The number of pyridine rings is 1. The first kappa shape index (κ1) is 19.4. The Hall–Kier alpha value is -3.34. The average molecular weight is 375 g/mol. The number of nitrogens with zero attached hydrogens (tertiary/aromatic N) is 1. The summed E-state index contributed by atoms with van der Waals surface area (Å²) < 4.78 is 5.79. The molecule has 28 heavy (non-hydrogen) atoms. The maximum atomic E-state index is 12.1. The Morgan fingerprint density at radius 2 is 1.68 bits per heavy atom. The summed E-state index contributed by atoms with van der Waals surface area (Å²) >= 11 is 0. The van der Waals surface area contributed by atoms with E-state index in [0.717, 1.165) is 17.0 Å². The van der Waals surface area contributed by atoms with E-state index in [2.05, 4.69) is 15.6 Å². The molecule has 0 saturated heterocycles. The van der Waals surface area contributed by atoms with Crippen LogP contribution >= 0.6 is 0 Å². The molecule has 5 heteroatoms. The highest BCUT2D eigenvalue weighted by molar-refractivity contribution is 5.94. The first-order valence-corrected chi connectivity index (χ1v) is 9.21. The van der Waals surface area contributed by atoms with Crippen molar-refractivity contribution in [3.05, 3.63) is 84.1 Å². The molecule has 5 nitrogen and oxygen atoms in total. The highest BCUT2D eigenvalue weighted by Crippen LogP contribution is 2.20. The van der Waals surface area contributed by atoms with Crippen molar-refractivity contribution < 1.29 is 9.53 Å². The van der Waals surface area contributed by atoms with Crippen LogP contribution in [0.5, 0.6) is 5.75 Å². The summed E-state index contributed by atoms with van der Waals surface area (Å²) in [6.45, 7) is 6.37. The Morgan fingerprint density at radius 1 is 0.964 bits per heavy atom. The minimum absolute atomic E-state index is 0.133. The van der Waals surface area contributed by atoms with Gasteiger partial charge in [0.2, 0.25) is 0 Å². The van der Waals surface area contributed by atoms with E-state index in [1.807, 2.05) is 75.4 Å². The van der Waals surface area contributed by atoms with E-state index in [1.54, 1.807) is 18.3 Å². The van der Waals surface area contributed by atoms with Crippen molar-refractivity contribution in [2.45, 2.75) is 32.9 Å². The van der Waals surface area contributed by atoms with Gasteiger partial charge in [-0.2, -0.15) is 0 Å². The maximum absolute atomic E-state index is 12.1. The van der Waals surface area contributed by atoms with E-state index >= 15 is 0 Å². The summed E-state index contributed by atoms with van der Waals surface area (Å²) in [4.78, 5) is 16.5. The third kappa shape index (κ3) is 5.84. The van der Waals surface area contributed by atoms with Crippen LogP contribution in [0.15, 0.2) is 72.9 Å². The van der Waals surface area contributed by atoms with Gasteiger partial charge in [-0.1, -0.05) is 30.3 Å². The van der Waals surface area contributed by atoms with Gasteiger partial charge < -0.3 is 15.4 Å². The van der Waals surface area contributed by atoms with Crippen LogP contribution in [0.2, 0.25) is 0 Å². The SMILES string of the molecule is CC(C)(C)NC(=O)c1ccc(Nc2ccc(OCc3ccccc3)cc2)nc1. The number of amides is 1. The van der Waals surface area contributed by atoms with Crippen molar-refractivity contribution >= 4 is 17.4 Å². The molecule has 1 heterocycles. The minimum Gasteiger partial charge on any atom is -0.489 e. The smallest absolute Gasteiger partial charge is 0.253 e. The second kappa shape index (κ2) is 8.57. The van der Waals surface area contributed by atoms with Gasteiger partial charge in [-0.25, -0.2) is 4.98 Å². The molecule has 0 saturated carbocycles. The molecule has 3 rings (SSSR count).